The van der Waals surface area contributed by atoms with Crippen LogP contribution in [0.2, 0.25) is 0 Å². The summed E-state index contributed by atoms with van der Waals surface area (Å²) in [5.41, 5.74) is 0.718. The van der Waals surface area contributed by atoms with Gasteiger partial charge in [0.25, 0.3) is 11.6 Å². The molecule has 0 saturated heterocycles. The normalized spacial score (nSPS) is 10.6. The number of non-ortho nitro benzene ring substituents is 1. The Labute approximate surface area is 154 Å². The van der Waals surface area contributed by atoms with E-state index in [0.717, 1.165) is 6.42 Å². The Morgan fingerprint density at radius 2 is 2.04 bits per heavy atom. The average Bonchev–Trinajstić information content (AvgIpc) is 2.56. The smallest absolute Gasteiger partial charge is 0.271 e. The lowest BCUT2D eigenvalue weighted by Gasteiger charge is -2.11. The van der Waals surface area contributed by atoms with Crippen LogP contribution in [0.3, 0.4) is 0 Å². The van der Waals surface area contributed by atoms with Crippen LogP contribution in [0, 0.1) is 16.0 Å². The molecule has 1 N–H and O–H groups in total. The van der Waals surface area contributed by atoms with Gasteiger partial charge in [-0.2, -0.15) is 0 Å². The fraction of sp³-hybridized carbons (Fsp3) is 0.278. The van der Waals surface area contributed by atoms with E-state index in [9.17, 15) is 14.9 Å². The lowest BCUT2D eigenvalue weighted by Crippen LogP contribution is -2.12. The number of ether oxygens (including phenoxy) is 1. The van der Waals surface area contributed by atoms with Crippen molar-refractivity contribution in [1.29, 1.82) is 0 Å². The SMILES string of the molecule is CC(C)CCOc1ccc(C(=O)Nc2cccc([N+](=O)[O-])c2)cc1Br. The van der Waals surface area contributed by atoms with E-state index >= 15 is 0 Å². The highest BCUT2D eigenvalue weighted by Crippen LogP contribution is 2.27. The monoisotopic (exact) mass is 406 g/mol. The molecule has 0 heterocycles. The summed E-state index contributed by atoms with van der Waals surface area (Å²) in [4.78, 5) is 22.6. The number of rotatable bonds is 7. The van der Waals surface area contributed by atoms with Gasteiger partial charge >= 0.3 is 0 Å². The molecule has 2 rings (SSSR count). The van der Waals surface area contributed by atoms with E-state index in [2.05, 4.69) is 35.1 Å². The average molecular weight is 407 g/mol. The molecule has 0 atom stereocenters. The Morgan fingerprint density at radius 1 is 1.28 bits per heavy atom. The molecule has 2 aromatic carbocycles. The fourth-order valence-electron chi connectivity index (χ4n) is 2.06. The minimum atomic E-state index is -0.504. The molecule has 7 heteroatoms. The zero-order valence-corrected chi connectivity index (χ0v) is 15.6. The first-order valence-electron chi connectivity index (χ1n) is 7.85. The van der Waals surface area contributed by atoms with E-state index in [-0.39, 0.29) is 11.6 Å². The van der Waals surface area contributed by atoms with E-state index in [0.29, 0.717) is 34.0 Å². The number of nitro groups is 1. The van der Waals surface area contributed by atoms with Crippen molar-refractivity contribution in [2.75, 3.05) is 11.9 Å². The van der Waals surface area contributed by atoms with Crippen molar-refractivity contribution in [1.82, 2.24) is 0 Å². The van der Waals surface area contributed by atoms with Crippen molar-refractivity contribution in [3.8, 4) is 5.75 Å². The third-order valence-electron chi connectivity index (χ3n) is 3.46. The molecule has 0 radical (unpaired) electrons. The summed E-state index contributed by atoms with van der Waals surface area (Å²) in [5, 5.41) is 13.4. The molecule has 6 nitrogen and oxygen atoms in total. The topological polar surface area (TPSA) is 81.5 Å². The van der Waals surface area contributed by atoms with Gasteiger partial charge in [-0.25, -0.2) is 0 Å². The molecule has 0 spiro atoms. The van der Waals surface area contributed by atoms with Gasteiger partial charge in [-0.1, -0.05) is 19.9 Å². The van der Waals surface area contributed by atoms with E-state index in [4.69, 9.17) is 4.74 Å². The van der Waals surface area contributed by atoms with Crippen LogP contribution in [0.25, 0.3) is 0 Å². The number of anilines is 1. The van der Waals surface area contributed by atoms with Crippen molar-refractivity contribution in [3.63, 3.8) is 0 Å². The highest BCUT2D eigenvalue weighted by Gasteiger charge is 2.12. The number of carbonyl (C=O) groups is 1. The molecule has 0 fully saturated rings. The predicted molar refractivity (Wildman–Crippen MR) is 100 cm³/mol. The molecule has 2 aromatic rings. The molecule has 0 aromatic heterocycles. The Bertz CT molecular complexity index is 777. The van der Waals surface area contributed by atoms with Crippen LogP contribution in [-0.2, 0) is 0 Å². The maximum atomic E-state index is 12.3. The van der Waals surface area contributed by atoms with E-state index in [1.165, 1.54) is 18.2 Å². The maximum absolute atomic E-state index is 12.3. The van der Waals surface area contributed by atoms with Gasteiger partial charge in [0.2, 0.25) is 0 Å². The van der Waals surface area contributed by atoms with Gasteiger partial charge in [-0.3, -0.25) is 14.9 Å². The van der Waals surface area contributed by atoms with Gasteiger partial charge in [-0.05, 0) is 52.5 Å². The lowest BCUT2D eigenvalue weighted by atomic mass is 10.1. The van der Waals surface area contributed by atoms with Crippen LogP contribution in [0.15, 0.2) is 46.9 Å². The summed E-state index contributed by atoms with van der Waals surface area (Å²) < 4.78 is 6.37. The zero-order valence-electron chi connectivity index (χ0n) is 14.0. The molecule has 0 aliphatic carbocycles. The number of amides is 1. The first-order chi connectivity index (χ1) is 11.9. The fourth-order valence-corrected chi connectivity index (χ4v) is 2.56. The van der Waals surface area contributed by atoms with Crippen molar-refractivity contribution in [2.45, 2.75) is 20.3 Å². The molecule has 1 amide bonds. The van der Waals surface area contributed by atoms with Gasteiger partial charge in [0, 0.05) is 23.4 Å². The molecule has 0 aliphatic heterocycles. The van der Waals surface area contributed by atoms with Crippen LogP contribution < -0.4 is 10.1 Å². The summed E-state index contributed by atoms with van der Waals surface area (Å²) >= 11 is 3.40. The van der Waals surface area contributed by atoms with E-state index in [1.54, 1.807) is 24.3 Å². The van der Waals surface area contributed by atoms with Crippen molar-refractivity contribution in [2.24, 2.45) is 5.92 Å². The van der Waals surface area contributed by atoms with Gasteiger partial charge in [-0.15, -0.1) is 0 Å². The van der Waals surface area contributed by atoms with Crippen LogP contribution in [0.1, 0.15) is 30.6 Å². The second-order valence-electron chi connectivity index (χ2n) is 5.94. The van der Waals surface area contributed by atoms with Crippen LogP contribution in [-0.4, -0.2) is 17.4 Å². The number of hydrogen-bond donors (Lipinski definition) is 1. The largest absolute Gasteiger partial charge is 0.492 e. The first kappa shape index (κ1) is 18.9. The quantitative estimate of drug-likeness (QED) is 0.515. The number of hydrogen-bond acceptors (Lipinski definition) is 4. The van der Waals surface area contributed by atoms with Gasteiger partial charge in [0.05, 0.1) is 16.0 Å². The standard InChI is InChI=1S/C18H19BrN2O4/c1-12(2)8-9-25-17-7-6-13(10-16(17)19)18(22)20-14-4-3-5-15(11-14)21(23)24/h3-7,10-12H,8-9H2,1-2H3,(H,20,22). The predicted octanol–water partition coefficient (Wildman–Crippen LogP) is 5.03. The highest BCUT2D eigenvalue weighted by atomic mass is 79.9. The maximum Gasteiger partial charge on any atom is 0.271 e. The summed E-state index contributed by atoms with van der Waals surface area (Å²) in [6.45, 7) is 4.86. The molecule has 0 aliphatic rings. The molecule has 0 bridgehead atoms. The Morgan fingerprint density at radius 3 is 2.68 bits per heavy atom. The number of benzene rings is 2. The lowest BCUT2D eigenvalue weighted by molar-refractivity contribution is -0.384. The summed E-state index contributed by atoms with van der Waals surface area (Å²) in [5.74, 6) is 0.876. The summed E-state index contributed by atoms with van der Waals surface area (Å²) in [7, 11) is 0. The first-order valence-corrected chi connectivity index (χ1v) is 8.64. The zero-order chi connectivity index (χ0) is 18.4. The van der Waals surface area contributed by atoms with E-state index in [1.807, 2.05) is 0 Å². The summed E-state index contributed by atoms with van der Waals surface area (Å²) in [6, 6.07) is 10.9. The van der Waals surface area contributed by atoms with Crippen molar-refractivity contribution >= 4 is 33.2 Å². The van der Waals surface area contributed by atoms with Gasteiger partial charge in [0.15, 0.2) is 0 Å². The number of carbonyl (C=O) groups excluding carboxylic acids is 1. The highest BCUT2D eigenvalue weighted by molar-refractivity contribution is 9.10. The third-order valence-corrected chi connectivity index (χ3v) is 4.08. The second-order valence-corrected chi connectivity index (χ2v) is 6.79. The molecular formula is C18H19BrN2O4. The van der Waals surface area contributed by atoms with Gasteiger partial charge in [0.1, 0.15) is 5.75 Å². The van der Waals surface area contributed by atoms with Crippen LogP contribution in [0.4, 0.5) is 11.4 Å². The Balaban J connectivity index is 2.06. The molecule has 0 saturated carbocycles. The number of nitro benzene ring substituents is 1. The minimum absolute atomic E-state index is 0.0760. The third kappa shape index (κ3) is 5.56. The number of nitrogens with zero attached hydrogens (tertiary/aromatic N) is 1. The number of nitrogens with one attached hydrogen (secondary N) is 1. The van der Waals surface area contributed by atoms with Crippen molar-refractivity contribution < 1.29 is 14.5 Å². The van der Waals surface area contributed by atoms with Crippen molar-refractivity contribution in [3.05, 3.63) is 62.6 Å². The molecule has 0 unspecified atom stereocenters. The molecular weight excluding hydrogens is 388 g/mol. The summed E-state index contributed by atoms with van der Waals surface area (Å²) in [6.07, 6.45) is 0.946. The minimum Gasteiger partial charge on any atom is -0.492 e. The van der Waals surface area contributed by atoms with Crippen LogP contribution >= 0.6 is 15.9 Å². The molecule has 25 heavy (non-hydrogen) atoms. The van der Waals surface area contributed by atoms with Gasteiger partial charge < -0.3 is 10.1 Å². The van der Waals surface area contributed by atoms with Crippen LogP contribution in [0.5, 0.6) is 5.75 Å². The van der Waals surface area contributed by atoms with E-state index < -0.39 is 4.92 Å². The Hall–Kier alpha value is -2.41. The second kappa shape index (κ2) is 8.62. The number of halogens is 1. The Kier molecular flexibility index (Phi) is 6.52. The molecule has 132 valence electrons.